The Labute approximate surface area is 163 Å². The summed E-state index contributed by atoms with van der Waals surface area (Å²) in [4.78, 5) is 20.2. The van der Waals surface area contributed by atoms with Gasteiger partial charge in [0.05, 0.1) is 29.7 Å². The van der Waals surface area contributed by atoms with Gasteiger partial charge in [-0.05, 0) is 31.7 Å². The summed E-state index contributed by atoms with van der Waals surface area (Å²) in [7, 11) is 1.57. The summed E-state index contributed by atoms with van der Waals surface area (Å²) < 4.78 is 11.6. The highest BCUT2D eigenvalue weighted by Crippen LogP contribution is 2.38. The first-order valence-corrected chi connectivity index (χ1v) is 8.83. The van der Waals surface area contributed by atoms with E-state index in [1.54, 1.807) is 19.2 Å². The number of piperazine rings is 1. The molecule has 2 fully saturated rings. The van der Waals surface area contributed by atoms with Crippen LogP contribution in [0, 0.1) is 0 Å². The summed E-state index contributed by atoms with van der Waals surface area (Å²) in [5.41, 5.74) is 0.130. The molecule has 1 aliphatic heterocycles. The van der Waals surface area contributed by atoms with Gasteiger partial charge in [0.1, 0.15) is 6.33 Å². The van der Waals surface area contributed by atoms with Crippen LogP contribution in [0.1, 0.15) is 25.7 Å². The number of nitrogens with zero attached hydrogens (tertiary/aromatic N) is 2. The van der Waals surface area contributed by atoms with E-state index in [-0.39, 0.29) is 30.3 Å². The normalized spacial score (nSPS) is 24.9. The van der Waals surface area contributed by atoms with Gasteiger partial charge in [-0.25, -0.2) is 9.97 Å². The molecule has 1 saturated heterocycles. The average Bonchev–Trinajstić information content (AvgIpc) is 2.66. The van der Waals surface area contributed by atoms with E-state index in [2.05, 4.69) is 20.6 Å². The number of carbonyl (C=O) groups is 1. The summed E-state index contributed by atoms with van der Waals surface area (Å²) in [5.74, 6) is 1.11. The van der Waals surface area contributed by atoms with Crippen molar-refractivity contribution in [1.82, 2.24) is 20.6 Å². The molecule has 1 amide bonds. The second-order valence-corrected chi connectivity index (χ2v) is 6.80. The molecule has 1 aliphatic carbocycles. The second-order valence-electron chi connectivity index (χ2n) is 6.80. The molecule has 3 N–H and O–H groups in total. The number of benzene rings is 1. The highest BCUT2D eigenvalue weighted by atomic mass is 35.5. The third-order valence-corrected chi connectivity index (χ3v) is 5.29. The number of fused-ring (bicyclic) bond motifs is 1. The molecule has 146 valence electrons. The lowest BCUT2D eigenvalue weighted by Gasteiger charge is -2.42. The molecule has 8 nitrogen and oxygen atoms in total. The molecule has 0 unspecified atom stereocenters. The summed E-state index contributed by atoms with van der Waals surface area (Å²) in [6.07, 6.45) is 4.27. The quantitative estimate of drug-likeness (QED) is 0.725. The first kappa shape index (κ1) is 19.4. The van der Waals surface area contributed by atoms with Gasteiger partial charge in [0.15, 0.2) is 11.5 Å². The molecule has 4 rings (SSSR count). The number of halogens is 1. The molecular weight excluding hydrogens is 372 g/mol. The van der Waals surface area contributed by atoms with E-state index in [0.29, 0.717) is 28.9 Å². The topological polar surface area (TPSA) is 106 Å². The Bertz CT molecular complexity index is 839. The largest absolute Gasteiger partial charge is 0.493 e. The zero-order valence-corrected chi connectivity index (χ0v) is 15.8. The van der Waals surface area contributed by atoms with Gasteiger partial charge < -0.3 is 25.2 Å². The van der Waals surface area contributed by atoms with Crippen LogP contribution in [0.5, 0.6) is 17.4 Å². The second kappa shape index (κ2) is 7.74. The van der Waals surface area contributed by atoms with Gasteiger partial charge in [-0.2, -0.15) is 0 Å². The molecule has 1 aromatic heterocycles. The van der Waals surface area contributed by atoms with Crippen LogP contribution >= 0.6 is 12.4 Å². The average molecular weight is 395 g/mol. The fourth-order valence-corrected chi connectivity index (χ4v) is 3.81. The van der Waals surface area contributed by atoms with Crippen molar-refractivity contribution in [2.75, 3.05) is 20.2 Å². The van der Waals surface area contributed by atoms with E-state index >= 15 is 0 Å². The zero-order chi connectivity index (χ0) is 18.1. The Morgan fingerprint density at radius 1 is 1.19 bits per heavy atom. The van der Waals surface area contributed by atoms with Crippen LogP contribution in [0.4, 0.5) is 0 Å². The fraction of sp³-hybridized carbons (Fsp3) is 0.500. The van der Waals surface area contributed by atoms with Crippen molar-refractivity contribution in [3.8, 4) is 17.4 Å². The van der Waals surface area contributed by atoms with E-state index in [1.165, 1.54) is 6.33 Å². The van der Waals surface area contributed by atoms with Crippen LogP contribution in [-0.2, 0) is 4.79 Å². The molecule has 2 heterocycles. The summed E-state index contributed by atoms with van der Waals surface area (Å²) in [5, 5.41) is 16.8. The van der Waals surface area contributed by atoms with Crippen LogP contribution in [0.25, 0.3) is 10.9 Å². The third kappa shape index (κ3) is 3.59. The monoisotopic (exact) mass is 394 g/mol. The van der Waals surface area contributed by atoms with Crippen molar-refractivity contribution < 1.29 is 19.4 Å². The van der Waals surface area contributed by atoms with Crippen molar-refractivity contribution >= 4 is 29.2 Å². The smallest absolute Gasteiger partial charge is 0.240 e. The standard InChI is InChI=1S/C18H22N4O4.ClH/c1-25-14-9-13-12(16(23)21-10-20-13)8-15(14)26-11-2-4-18(5-3-11)17(24)19-6-7-22-18;/h8-11,22H,2-7H2,1H3,(H,19,24)(H,20,21,23);1H/t11-,18-;. The predicted octanol–water partition coefficient (Wildman–Crippen LogP) is 1.55. The predicted molar refractivity (Wildman–Crippen MR) is 102 cm³/mol. The van der Waals surface area contributed by atoms with Crippen LogP contribution in [0.2, 0.25) is 0 Å². The molecule has 27 heavy (non-hydrogen) atoms. The molecule has 1 spiro atoms. The fourth-order valence-electron chi connectivity index (χ4n) is 3.81. The minimum atomic E-state index is -0.461. The highest BCUT2D eigenvalue weighted by Gasteiger charge is 2.43. The molecule has 0 atom stereocenters. The number of hydrogen-bond donors (Lipinski definition) is 3. The van der Waals surface area contributed by atoms with Gasteiger partial charge in [0.25, 0.3) is 0 Å². The van der Waals surface area contributed by atoms with Crippen LogP contribution in [0.15, 0.2) is 18.5 Å². The lowest BCUT2D eigenvalue weighted by atomic mass is 9.78. The Hall–Kier alpha value is -2.32. The van der Waals surface area contributed by atoms with Crippen molar-refractivity contribution in [3.05, 3.63) is 18.5 Å². The molecule has 0 bridgehead atoms. The van der Waals surface area contributed by atoms with Crippen LogP contribution < -0.4 is 20.1 Å². The van der Waals surface area contributed by atoms with Gasteiger partial charge in [0, 0.05) is 19.2 Å². The van der Waals surface area contributed by atoms with E-state index < -0.39 is 5.54 Å². The Morgan fingerprint density at radius 2 is 1.96 bits per heavy atom. The third-order valence-electron chi connectivity index (χ3n) is 5.29. The van der Waals surface area contributed by atoms with Gasteiger partial charge in [-0.15, -0.1) is 12.4 Å². The van der Waals surface area contributed by atoms with Crippen molar-refractivity contribution in [2.45, 2.75) is 37.3 Å². The summed E-state index contributed by atoms with van der Waals surface area (Å²) in [6, 6.07) is 3.44. The Morgan fingerprint density at radius 3 is 2.67 bits per heavy atom. The first-order chi connectivity index (χ1) is 12.6. The molecular formula is C18H23ClN4O4. The Kier molecular flexibility index (Phi) is 5.57. The van der Waals surface area contributed by atoms with Gasteiger partial charge in [-0.3, -0.25) is 4.79 Å². The lowest BCUT2D eigenvalue weighted by molar-refractivity contribution is -0.131. The summed E-state index contributed by atoms with van der Waals surface area (Å²) >= 11 is 0. The molecule has 1 aromatic carbocycles. The maximum absolute atomic E-state index is 12.2. The number of amides is 1. The minimum absolute atomic E-state index is 0. The van der Waals surface area contributed by atoms with E-state index in [0.717, 1.165) is 32.2 Å². The number of ether oxygens (including phenoxy) is 2. The number of aromatic hydroxyl groups is 1. The van der Waals surface area contributed by atoms with Crippen LogP contribution in [-0.4, -0.2) is 52.8 Å². The molecule has 2 aliphatic rings. The highest BCUT2D eigenvalue weighted by molar-refractivity contribution is 5.87. The zero-order valence-electron chi connectivity index (χ0n) is 15.0. The number of aromatic nitrogens is 2. The van der Waals surface area contributed by atoms with Crippen molar-refractivity contribution in [3.63, 3.8) is 0 Å². The number of nitrogens with one attached hydrogen (secondary N) is 2. The molecule has 9 heteroatoms. The van der Waals surface area contributed by atoms with Crippen molar-refractivity contribution in [1.29, 1.82) is 0 Å². The van der Waals surface area contributed by atoms with E-state index in [1.807, 2.05) is 0 Å². The Balaban J connectivity index is 0.00000210. The number of hydrogen-bond acceptors (Lipinski definition) is 7. The van der Waals surface area contributed by atoms with Gasteiger partial charge in [-0.1, -0.05) is 0 Å². The minimum Gasteiger partial charge on any atom is -0.493 e. The van der Waals surface area contributed by atoms with Crippen molar-refractivity contribution in [2.24, 2.45) is 0 Å². The lowest BCUT2D eigenvalue weighted by Crippen LogP contribution is -2.64. The van der Waals surface area contributed by atoms with Gasteiger partial charge in [0.2, 0.25) is 11.8 Å². The van der Waals surface area contributed by atoms with Crippen LogP contribution in [0.3, 0.4) is 0 Å². The first-order valence-electron chi connectivity index (χ1n) is 8.83. The van der Waals surface area contributed by atoms with Gasteiger partial charge >= 0.3 is 0 Å². The van der Waals surface area contributed by atoms with E-state index in [4.69, 9.17) is 9.47 Å². The summed E-state index contributed by atoms with van der Waals surface area (Å²) in [6.45, 7) is 1.48. The SMILES string of the molecule is COc1cc2ncnc(O)c2cc1O[C@H]1CC[C@@]2(CC1)NCCNC2=O.Cl. The number of carbonyl (C=O) groups excluding carboxylic acids is 1. The van der Waals surface area contributed by atoms with E-state index in [9.17, 15) is 9.90 Å². The number of methoxy groups -OCH3 is 1. The molecule has 1 saturated carbocycles. The maximum atomic E-state index is 12.2. The molecule has 0 radical (unpaired) electrons. The number of rotatable bonds is 3. The maximum Gasteiger partial charge on any atom is 0.240 e. The molecule has 2 aromatic rings.